The highest BCUT2D eigenvalue weighted by Gasteiger charge is 2.39. The van der Waals surface area contributed by atoms with Crippen molar-refractivity contribution in [3.63, 3.8) is 0 Å². The minimum Gasteiger partial charge on any atom is -0.497 e. The molecule has 2 fully saturated rings. The smallest absolute Gasteiger partial charge is 0.229 e. The van der Waals surface area contributed by atoms with E-state index in [-0.39, 0.29) is 0 Å². The standard InChI is InChI=1S/C26H32N6O2/c1-33-21-9-4-17(5-10-21)15-27-24-30-25(28-16-18-6-11-22(34-2)12-7-18)32-26(31-24)29-23-14-19-3-8-20(23)13-19/h4-7,9-12,19-20,23H,3,8,13-16H2,1-2H3,(H3,27,28,29,30,31,32)/t19-,20+,23+/m1/s1. The number of rotatable bonds is 10. The molecule has 34 heavy (non-hydrogen) atoms. The normalized spacial score (nSPS) is 20.7. The number of ether oxygens (including phenoxy) is 2. The summed E-state index contributed by atoms with van der Waals surface area (Å²) in [6, 6.07) is 16.4. The van der Waals surface area contributed by atoms with Gasteiger partial charge in [-0.1, -0.05) is 30.7 Å². The van der Waals surface area contributed by atoms with Gasteiger partial charge in [-0.2, -0.15) is 15.0 Å². The Kier molecular flexibility index (Phi) is 6.65. The summed E-state index contributed by atoms with van der Waals surface area (Å²) in [7, 11) is 3.34. The average Bonchev–Trinajstić information content (AvgIpc) is 3.50. The summed E-state index contributed by atoms with van der Waals surface area (Å²) in [6.45, 7) is 1.22. The molecule has 3 aromatic rings. The highest BCUT2D eigenvalue weighted by Crippen LogP contribution is 2.45. The summed E-state index contributed by atoms with van der Waals surface area (Å²) in [5.41, 5.74) is 2.24. The van der Waals surface area contributed by atoms with Crippen LogP contribution in [-0.4, -0.2) is 35.2 Å². The fourth-order valence-electron chi connectivity index (χ4n) is 5.03. The number of hydrogen-bond donors (Lipinski definition) is 3. The van der Waals surface area contributed by atoms with Crippen LogP contribution in [0.4, 0.5) is 17.8 Å². The van der Waals surface area contributed by atoms with E-state index >= 15 is 0 Å². The summed E-state index contributed by atoms with van der Waals surface area (Å²) < 4.78 is 10.5. The molecule has 2 saturated carbocycles. The molecule has 1 aromatic heterocycles. The van der Waals surface area contributed by atoms with Gasteiger partial charge in [0.25, 0.3) is 0 Å². The molecule has 0 amide bonds. The quantitative estimate of drug-likeness (QED) is 0.400. The van der Waals surface area contributed by atoms with Crippen molar-refractivity contribution < 1.29 is 9.47 Å². The Morgan fingerprint density at radius 1 is 0.706 bits per heavy atom. The van der Waals surface area contributed by atoms with E-state index < -0.39 is 0 Å². The predicted octanol–water partition coefficient (Wildman–Crippen LogP) is 4.71. The largest absolute Gasteiger partial charge is 0.497 e. The second-order valence-corrected chi connectivity index (χ2v) is 9.14. The topological polar surface area (TPSA) is 93.2 Å². The van der Waals surface area contributed by atoms with E-state index in [1.807, 2.05) is 48.5 Å². The lowest BCUT2D eigenvalue weighted by molar-refractivity contribution is 0.414. The van der Waals surface area contributed by atoms with Gasteiger partial charge >= 0.3 is 0 Å². The summed E-state index contributed by atoms with van der Waals surface area (Å²) in [6.07, 6.45) is 5.20. The van der Waals surface area contributed by atoms with Crippen LogP contribution < -0.4 is 25.4 Å². The third kappa shape index (κ3) is 5.32. The molecule has 2 aromatic carbocycles. The van der Waals surface area contributed by atoms with Gasteiger partial charge in [0.05, 0.1) is 14.2 Å². The maximum atomic E-state index is 5.25. The van der Waals surface area contributed by atoms with E-state index in [9.17, 15) is 0 Å². The Bertz CT molecular complexity index is 1020. The Morgan fingerprint density at radius 3 is 1.68 bits per heavy atom. The highest BCUT2D eigenvalue weighted by molar-refractivity contribution is 5.44. The molecule has 0 saturated heterocycles. The van der Waals surface area contributed by atoms with Crippen molar-refractivity contribution in [1.82, 2.24) is 15.0 Å². The number of anilines is 3. The Balaban J connectivity index is 1.29. The van der Waals surface area contributed by atoms with Crippen molar-refractivity contribution in [2.75, 3.05) is 30.2 Å². The number of nitrogens with zero attached hydrogens (tertiary/aromatic N) is 3. The molecule has 3 N–H and O–H groups in total. The van der Waals surface area contributed by atoms with Crippen molar-refractivity contribution in [3.8, 4) is 11.5 Å². The van der Waals surface area contributed by atoms with E-state index in [2.05, 4.69) is 30.9 Å². The monoisotopic (exact) mass is 460 g/mol. The van der Waals surface area contributed by atoms with Crippen LogP contribution >= 0.6 is 0 Å². The number of aromatic nitrogens is 3. The number of fused-ring (bicyclic) bond motifs is 2. The molecule has 0 spiro atoms. The van der Waals surface area contributed by atoms with Crippen LogP contribution in [0.15, 0.2) is 48.5 Å². The molecule has 8 nitrogen and oxygen atoms in total. The molecule has 0 aliphatic heterocycles. The van der Waals surface area contributed by atoms with Crippen molar-refractivity contribution >= 4 is 17.8 Å². The molecule has 178 valence electrons. The lowest BCUT2D eigenvalue weighted by atomic mass is 9.95. The molecule has 2 aliphatic carbocycles. The minimum atomic E-state index is 0.449. The van der Waals surface area contributed by atoms with Gasteiger partial charge in [0, 0.05) is 19.1 Å². The summed E-state index contributed by atoms with van der Waals surface area (Å²) in [5.74, 6) is 4.99. The maximum absolute atomic E-state index is 5.25. The lowest BCUT2D eigenvalue weighted by Crippen LogP contribution is -2.27. The van der Waals surface area contributed by atoms with E-state index in [0.717, 1.165) is 34.5 Å². The van der Waals surface area contributed by atoms with Gasteiger partial charge in [0.1, 0.15) is 11.5 Å². The van der Waals surface area contributed by atoms with Crippen molar-refractivity contribution in [3.05, 3.63) is 59.7 Å². The van der Waals surface area contributed by atoms with Gasteiger partial charge in [0.15, 0.2) is 0 Å². The van der Waals surface area contributed by atoms with Crippen molar-refractivity contribution in [2.24, 2.45) is 11.8 Å². The minimum absolute atomic E-state index is 0.449. The first-order valence-electron chi connectivity index (χ1n) is 11.9. The molecular weight excluding hydrogens is 428 g/mol. The summed E-state index contributed by atoms with van der Waals surface area (Å²) >= 11 is 0. The first-order valence-corrected chi connectivity index (χ1v) is 11.9. The maximum Gasteiger partial charge on any atom is 0.229 e. The summed E-state index contributed by atoms with van der Waals surface area (Å²) in [5, 5.41) is 10.3. The summed E-state index contributed by atoms with van der Waals surface area (Å²) in [4.78, 5) is 14.0. The van der Waals surface area contributed by atoms with E-state index in [4.69, 9.17) is 9.47 Å². The molecule has 0 unspecified atom stereocenters. The number of nitrogens with one attached hydrogen (secondary N) is 3. The number of benzene rings is 2. The zero-order valence-corrected chi connectivity index (χ0v) is 19.8. The second kappa shape index (κ2) is 10.2. The zero-order valence-electron chi connectivity index (χ0n) is 19.8. The number of methoxy groups -OCH3 is 2. The molecule has 0 radical (unpaired) electrons. The third-order valence-electron chi connectivity index (χ3n) is 6.91. The molecule has 2 aliphatic rings. The number of hydrogen-bond acceptors (Lipinski definition) is 8. The Morgan fingerprint density at radius 2 is 1.24 bits per heavy atom. The van der Waals surface area contributed by atoms with E-state index in [0.29, 0.717) is 37.0 Å². The molecular formula is C26H32N6O2. The van der Waals surface area contributed by atoms with Crippen LogP contribution in [0.25, 0.3) is 0 Å². The van der Waals surface area contributed by atoms with Crippen LogP contribution in [0.2, 0.25) is 0 Å². The Hall–Kier alpha value is -3.55. The SMILES string of the molecule is COc1ccc(CNc2nc(NCc3ccc(OC)cc3)nc(N[C@H]3C[C@@H]4CC[C@H]3C4)n2)cc1. The lowest BCUT2D eigenvalue weighted by Gasteiger charge is -2.23. The van der Waals surface area contributed by atoms with Crippen LogP contribution in [-0.2, 0) is 13.1 Å². The van der Waals surface area contributed by atoms with Gasteiger partial charge < -0.3 is 25.4 Å². The molecule has 1 heterocycles. The molecule has 5 rings (SSSR count). The van der Waals surface area contributed by atoms with Crippen LogP contribution in [0.5, 0.6) is 11.5 Å². The third-order valence-corrected chi connectivity index (χ3v) is 6.91. The van der Waals surface area contributed by atoms with Crippen LogP contribution in [0, 0.1) is 11.8 Å². The first-order chi connectivity index (χ1) is 16.7. The van der Waals surface area contributed by atoms with Crippen molar-refractivity contribution in [1.29, 1.82) is 0 Å². The van der Waals surface area contributed by atoms with E-state index in [1.165, 1.54) is 25.7 Å². The predicted molar refractivity (Wildman–Crippen MR) is 133 cm³/mol. The van der Waals surface area contributed by atoms with Gasteiger partial charge in [-0.25, -0.2) is 0 Å². The molecule has 8 heteroatoms. The van der Waals surface area contributed by atoms with Gasteiger partial charge in [-0.3, -0.25) is 0 Å². The molecule has 2 bridgehead atoms. The average molecular weight is 461 g/mol. The van der Waals surface area contributed by atoms with Gasteiger partial charge in [0.2, 0.25) is 17.8 Å². The van der Waals surface area contributed by atoms with Gasteiger partial charge in [-0.05, 0) is 66.5 Å². The van der Waals surface area contributed by atoms with Crippen molar-refractivity contribution in [2.45, 2.75) is 44.8 Å². The van der Waals surface area contributed by atoms with Crippen LogP contribution in [0.1, 0.15) is 36.8 Å². The first kappa shape index (κ1) is 22.3. The molecule has 3 atom stereocenters. The fraction of sp³-hybridized carbons (Fsp3) is 0.423. The van der Waals surface area contributed by atoms with Crippen LogP contribution in [0.3, 0.4) is 0 Å². The van der Waals surface area contributed by atoms with Gasteiger partial charge in [-0.15, -0.1) is 0 Å². The van der Waals surface area contributed by atoms with E-state index in [1.54, 1.807) is 14.2 Å². The highest BCUT2D eigenvalue weighted by atomic mass is 16.5. The fourth-order valence-corrected chi connectivity index (χ4v) is 5.03. The second-order valence-electron chi connectivity index (χ2n) is 9.14. The Labute approximate surface area is 200 Å². The zero-order chi connectivity index (χ0) is 23.3.